The molecule has 0 radical (unpaired) electrons. The van der Waals surface area contributed by atoms with Crippen molar-refractivity contribution in [3.05, 3.63) is 28.1 Å². The van der Waals surface area contributed by atoms with E-state index >= 15 is 0 Å². The third-order valence-electron chi connectivity index (χ3n) is 3.67. The molecule has 0 bridgehead atoms. The van der Waals surface area contributed by atoms with Crippen LogP contribution in [0, 0.1) is 12.8 Å². The highest BCUT2D eigenvalue weighted by Crippen LogP contribution is 2.32. The van der Waals surface area contributed by atoms with Gasteiger partial charge in [-0.2, -0.15) is 0 Å². The zero-order valence-electron chi connectivity index (χ0n) is 11.8. The van der Waals surface area contributed by atoms with Crippen molar-refractivity contribution in [2.75, 3.05) is 13.1 Å². The van der Waals surface area contributed by atoms with Gasteiger partial charge in [-0.1, -0.05) is 13.0 Å². The summed E-state index contributed by atoms with van der Waals surface area (Å²) in [6.07, 6.45) is 2.34. The van der Waals surface area contributed by atoms with Crippen LogP contribution in [-0.4, -0.2) is 28.9 Å². The lowest BCUT2D eigenvalue weighted by molar-refractivity contribution is 0.0687. The Hall–Kier alpha value is -1.20. The van der Waals surface area contributed by atoms with E-state index in [0.29, 0.717) is 5.92 Å². The number of carbonyl (C=O) groups is 1. The summed E-state index contributed by atoms with van der Waals surface area (Å²) in [5.41, 5.74) is 0.863. The maximum absolute atomic E-state index is 12.6. The van der Waals surface area contributed by atoms with E-state index in [1.807, 2.05) is 23.3 Å². The van der Waals surface area contributed by atoms with Crippen LogP contribution in [0.15, 0.2) is 17.5 Å². The van der Waals surface area contributed by atoms with Gasteiger partial charge < -0.3 is 4.90 Å². The monoisotopic (exact) mass is 306 g/mol. The highest BCUT2D eigenvalue weighted by atomic mass is 32.1. The van der Waals surface area contributed by atoms with Gasteiger partial charge in [-0.05, 0) is 37.1 Å². The van der Waals surface area contributed by atoms with Gasteiger partial charge in [0.15, 0.2) is 0 Å². The summed E-state index contributed by atoms with van der Waals surface area (Å²) in [6.45, 7) is 5.92. The average molecular weight is 306 g/mol. The van der Waals surface area contributed by atoms with Gasteiger partial charge in [0.25, 0.3) is 5.91 Å². The molecule has 1 amide bonds. The second kappa shape index (κ2) is 5.66. The molecule has 0 saturated carbocycles. The Bertz CT molecular complexity index is 603. The van der Waals surface area contributed by atoms with E-state index in [2.05, 4.69) is 18.0 Å². The normalized spacial score (nSPS) is 19.3. The number of aryl methyl sites for hydroxylation is 1. The maximum atomic E-state index is 12.6. The summed E-state index contributed by atoms with van der Waals surface area (Å²) < 4.78 is 0. The predicted molar refractivity (Wildman–Crippen MR) is 84.5 cm³/mol. The van der Waals surface area contributed by atoms with Crippen molar-refractivity contribution in [3.63, 3.8) is 0 Å². The Morgan fingerprint density at radius 1 is 1.50 bits per heavy atom. The van der Waals surface area contributed by atoms with Crippen LogP contribution in [0.3, 0.4) is 0 Å². The summed E-state index contributed by atoms with van der Waals surface area (Å²) in [7, 11) is 0. The van der Waals surface area contributed by atoms with Crippen LogP contribution in [0.1, 0.15) is 35.1 Å². The first-order valence-electron chi connectivity index (χ1n) is 6.95. The van der Waals surface area contributed by atoms with Crippen molar-refractivity contribution in [1.82, 2.24) is 9.88 Å². The molecule has 1 saturated heterocycles. The predicted octanol–water partition coefficient (Wildman–Crippen LogP) is 4.05. The van der Waals surface area contributed by atoms with E-state index in [1.165, 1.54) is 17.8 Å². The van der Waals surface area contributed by atoms with Gasteiger partial charge in [0.1, 0.15) is 9.88 Å². The topological polar surface area (TPSA) is 33.2 Å². The Morgan fingerprint density at radius 2 is 2.35 bits per heavy atom. The molecule has 5 heteroatoms. The molecule has 1 atom stereocenters. The SMILES string of the molecule is Cc1nc(-c2cccs2)sc1C(=O)N1CCC[C@H](C)C1. The molecule has 1 aliphatic rings. The Kier molecular flexibility index (Phi) is 3.89. The lowest BCUT2D eigenvalue weighted by atomic mass is 10.0. The van der Waals surface area contributed by atoms with Gasteiger partial charge in [-0.3, -0.25) is 4.79 Å². The van der Waals surface area contributed by atoms with Crippen molar-refractivity contribution in [2.24, 2.45) is 5.92 Å². The molecule has 3 nitrogen and oxygen atoms in total. The minimum absolute atomic E-state index is 0.161. The molecule has 2 aromatic heterocycles. The van der Waals surface area contributed by atoms with Crippen LogP contribution in [0.2, 0.25) is 0 Å². The number of likely N-dealkylation sites (tertiary alicyclic amines) is 1. The first-order valence-corrected chi connectivity index (χ1v) is 8.65. The number of hydrogen-bond acceptors (Lipinski definition) is 4. The highest BCUT2D eigenvalue weighted by Gasteiger charge is 2.25. The standard InChI is InChI=1S/C15H18N2OS2/c1-10-5-3-7-17(9-10)15(18)13-11(2)16-14(20-13)12-6-4-8-19-12/h4,6,8,10H,3,5,7,9H2,1-2H3/t10-/m0/s1. The van der Waals surface area contributed by atoms with Crippen LogP contribution < -0.4 is 0 Å². The fourth-order valence-corrected chi connectivity index (χ4v) is 4.45. The largest absolute Gasteiger partial charge is 0.338 e. The smallest absolute Gasteiger partial charge is 0.265 e. The van der Waals surface area contributed by atoms with Gasteiger partial charge in [0, 0.05) is 13.1 Å². The Balaban J connectivity index is 1.85. The van der Waals surface area contributed by atoms with Gasteiger partial charge >= 0.3 is 0 Å². The molecule has 0 spiro atoms. The fraction of sp³-hybridized carbons (Fsp3) is 0.467. The number of aromatic nitrogens is 1. The number of thiazole rings is 1. The maximum Gasteiger partial charge on any atom is 0.265 e. The molecule has 0 aliphatic carbocycles. The molecule has 2 aromatic rings. The van der Waals surface area contributed by atoms with Crippen molar-refractivity contribution in [3.8, 4) is 9.88 Å². The van der Waals surface area contributed by atoms with Gasteiger partial charge in [0.05, 0.1) is 10.6 Å². The van der Waals surface area contributed by atoms with Crippen molar-refractivity contribution in [2.45, 2.75) is 26.7 Å². The van der Waals surface area contributed by atoms with Crippen LogP contribution in [0.4, 0.5) is 0 Å². The van der Waals surface area contributed by atoms with E-state index in [4.69, 9.17) is 0 Å². The van der Waals surface area contributed by atoms with Crippen LogP contribution in [0.5, 0.6) is 0 Å². The van der Waals surface area contributed by atoms with E-state index < -0.39 is 0 Å². The van der Waals surface area contributed by atoms with Crippen molar-refractivity contribution < 1.29 is 4.79 Å². The number of carbonyl (C=O) groups excluding carboxylic acids is 1. The van der Waals surface area contributed by atoms with E-state index in [9.17, 15) is 4.79 Å². The number of amides is 1. The van der Waals surface area contributed by atoms with E-state index in [1.54, 1.807) is 11.3 Å². The minimum Gasteiger partial charge on any atom is -0.338 e. The van der Waals surface area contributed by atoms with E-state index in [-0.39, 0.29) is 5.91 Å². The van der Waals surface area contributed by atoms with Gasteiger partial charge in [-0.25, -0.2) is 4.98 Å². The Labute approximate surface area is 127 Å². The average Bonchev–Trinajstić information content (AvgIpc) is 3.07. The quantitative estimate of drug-likeness (QED) is 0.838. The number of piperidine rings is 1. The highest BCUT2D eigenvalue weighted by molar-refractivity contribution is 7.22. The molecule has 106 valence electrons. The number of thiophene rings is 1. The van der Waals surface area contributed by atoms with Crippen LogP contribution in [-0.2, 0) is 0 Å². The molecule has 0 N–H and O–H groups in total. The molecule has 1 aliphatic heterocycles. The third kappa shape index (κ3) is 2.65. The molecule has 0 aromatic carbocycles. The van der Waals surface area contributed by atoms with Crippen molar-refractivity contribution >= 4 is 28.6 Å². The van der Waals surface area contributed by atoms with Crippen molar-refractivity contribution in [1.29, 1.82) is 0 Å². The van der Waals surface area contributed by atoms with E-state index in [0.717, 1.165) is 40.0 Å². The molecule has 20 heavy (non-hydrogen) atoms. The Morgan fingerprint density at radius 3 is 3.05 bits per heavy atom. The number of rotatable bonds is 2. The molecule has 3 rings (SSSR count). The summed E-state index contributed by atoms with van der Waals surface area (Å²) in [4.78, 5) is 21.2. The summed E-state index contributed by atoms with van der Waals surface area (Å²) in [5, 5.41) is 3.01. The lowest BCUT2D eigenvalue weighted by Gasteiger charge is -2.30. The number of hydrogen-bond donors (Lipinski definition) is 0. The summed E-state index contributed by atoms with van der Waals surface area (Å²) in [5.74, 6) is 0.770. The fourth-order valence-electron chi connectivity index (χ4n) is 2.62. The molecular weight excluding hydrogens is 288 g/mol. The minimum atomic E-state index is 0.161. The second-order valence-electron chi connectivity index (χ2n) is 5.41. The first-order chi connectivity index (χ1) is 9.65. The third-order valence-corrected chi connectivity index (χ3v) is 5.85. The zero-order chi connectivity index (χ0) is 14.1. The first kappa shape index (κ1) is 13.8. The molecule has 3 heterocycles. The molecule has 0 unspecified atom stereocenters. The van der Waals surface area contributed by atoms with Crippen LogP contribution >= 0.6 is 22.7 Å². The molecule has 1 fully saturated rings. The van der Waals surface area contributed by atoms with Gasteiger partial charge in [0.2, 0.25) is 0 Å². The molecular formula is C15H18N2OS2. The van der Waals surface area contributed by atoms with Gasteiger partial charge in [-0.15, -0.1) is 22.7 Å². The zero-order valence-corrected chi connectivity index (χ0v) is 13.4. The lowest BCUT2D eigenvalue weighted by Crippen LogP contribution is -2.39. The second-order valence-corrected chi connectivity index (χ2v) is 7.36. The summed E-state index contributed by atoms with van der Waals surface area (Å²) >= 11 is 3.20. The number of nitrogens with zero attached hydrogens (tertiary/aromatic N) is 2. The summed E-state index contributed by atoms with van der Waals surface area (Å²) in [6, 6.07) is 4.07. The van der Waals surface area contributed by atoms with Crippen LogP contribution in [0.25, 0.3) is 9.88 Å².